The van der Waals surface area contributed by atoms with E-state index in [4.69, 9.17) is 4.74 Å². The zero-order chi connectivity index (χ0) is 18.4. The van der Waals surface area contributed by atoms with Crippen LogP contribution in [0, 0.1) is 0 Å². The van der Waals surface area contributed by atoms with Crippen molar-refractivity contribution in [3.63, 3.8) is 0 Å². The predicted molar refractivity (Wildman–Crippen MR) is 99.4 cm³/mol. The third-order valence-corrected chi connectivity index (χ3v) is 5.80. The number of benzene rings is 1. The number of anilines is 1. The van der Waals surface area contributed by atoms with Gasteiger partial charge in [-0.1, -0.05) is 26.2 Å². The van der Waals surface area contributed by atoms with Crippen LogP contribution in [0.4, 0.5) is 5.69 Å². The second-order valence-corrected chi connectivity index (χ2v) is 8.60. The lowest BCUT2D eigenvalue weighted by Gasteiger charge is -2.25. The first kappa shape index (κ1) is 19.6. The molecule has 1 aromatic carbocycles. The largest absolute Gasteiger partial charge is 0.481 e. The van der Waals surface area contributed by atoms with Crippen molar-refractivity contribution in [2.45, 2.75) is 57.6 Å². The molecule has 0 heterocycles. The Morgan fingerprint density at radius 2 is 1.84 bits per heavy atom. The molecule has 1 N–H and O–H groups in total. The topological polar surface area (TPSA) is 75.7 Å². The molecule has 6 nitrogen and oxygen atoms in total. The minimum Gasteiger partial charge on any atom is -0.481 e. The van der Waals surface area contributed by atoms with E-state index < -0.39 is 16.1 Å². The van der Waals surface area contributed by atoms with Gasteiger partial charge in [0, 0.05) is 13.1 Å². The molecule has 1 atom stereocenters. The number of amides is 1. The SMILES string of the molecule is CC[C@@H](Oc1ccc(N(C)S(C)(=O)=O)cc1)C(=O)NC1CCCCC1. The van der Waals surface area contributed by atoms with E-state index in [-0.39, 0.29) is 11.9 Å². The van der Waals surface area contributed by atoms with Gasteiger partial charge < -0.3 is 10.1 Å². The number of ether oxygens (including phenoxy) is 1. The van der Waals surface area contributed by atoms with Gasteiger partial charge >= 0.3 is 0 Å². The van der Waals surface area contributed by atoms with E-state index in [1.54, 1.807) is 24.3 Å². The van der Waals surface area contributed by atoms with Gasteiger partial charge in [-0.3, -0.25) is 9.10 Å². The fourth-order valence-corrected chi connectivity index (χ4v) is 3.46. The number of hydrogen-bond acceptors (Lipinski definition) is 4. The van der Waals surface area contributed by atoms with Crippen molar-refractivity contribution < 1.29 is 17.9 Å². The first-order chi connectivity index (χ1) is 11.8. The summed E-state index contributed by atoms with van der Waals surface area (Å²) in [5, 5.41) is 3.09. The standard InChI is InChI=1S/C18H28N2O4S/c1-4-17(18(21)19-14-8-6-5-7-9-14)24-16-12-10-15(11-13-16)20(2)25(3,22)23/h10-14,17H,4-9H2,1-3H3,(H,19,21)/t17-/m1/s1. The van der Waals surface area contributed by atoms with Crippen LogP contribution < -0.4 is 14.4 Å². The molecule has 0 spiro atoms. The molecule has 2 rings (SSSR count). The highest BCUT2D eigenvalue weighted by Crippen LogP contribution is 2.22. The van der Waals surface area contributed by atoms with Gasteiger partial charge in [0.15, 0.2) is 6.10 Å². The molecule has 7 heteroatoms. The summed E-state index contributed by atoms with van der Waals surface area (Å²) in [5.41, 5.74) is 0.551. The third kappa shape index (κ3) is 5.63. The maximum absolute atomic E-state index is 12.4. The van der Waals surface area contributed by atoms with Crippen molar-refractivity contribution in [3.05, 3.63) is 24.3 Å². The van der Waals surface area contributed by atoms with Crippen LogP contribution in [-0.2, 0) is 14.8 Å². The summed E-state index contributed by atoms with van der Waals surface area (Å²) in [4.78, 5) is 12.4. The fourth-order valence-electron chi connectivity index (χ4n) is 2.95. The van der Waals surface area contributed by atoms with Crippen molar-refractivity contribution >= 4 is 21.6 Å². The van der Waals surface area contributed by atoms with E-state index in [0.29, 0.717) is 17.9 Å². The molecule has 1 aliphatic carbocycles. The zero-order valence-electron chi connectivity index (χ0n) is 15.2. The Morgan fingerprint density at radius 3 is 2.36 bits per heavy atom. The van der Waals surface area contributed by atoms with E-state index in [9.17, 15) is 13.2 Å². The van der Waals surface area contributed by atoms with Crippen LogP contribution >= 0.6 is 0 Å². The Labute approximate surface area is 150 Å². The van der Waals surface area contributed by atoms with E-state index >= 15 is 0 Å². The molecule has 1 fully saturated rings. The normalized spacial score (nSPS) is 16.9. The van der Waals surface area contributed by atoms with Gasteiger partial charge in [0.1, 0.15) is 5.75 Å². The number of carbonyl (C=O) groups excluding carboxylic acids is 1. The lowest BCUT2D eigenvalue weighted by atomic mass is 9.95. The van der Waals surface area contributed by atoms with Crippen molar-refractivity contribution in [2.24, 2.45) is 0 Å². The molecule has 0 saturated heterocycles. The van der Waals surface area contributed by atoms with E-state index in [2.05, 4.69) is 5.32 Å². The highest BCUT2D eigenvalue weighted by atomic mass is 32.2. The van der Waals surface area contributed by atoms with Gasteiger partial charge in [0.25, 0.3) is 5.91 Å². The molecule has 0 bridgehead atoms. The van der Waals surface area contributed by atoms with Gasteiger partial charge in [0.2, 0.25) is 10.0 Å². The Kier molecular flexibility index (Phi) is 6.70. The van der Waals surface area contributed by atoms with Crippen LogP contribution in [0.3, 0.4) is 0 Å². The summed E-state index contributed by atoms with van der Waals surface area (Å²) in [6.07, 6.45) is 6.83. The molecule has 140 valence electrons. The molecule has 0 aromatic heterocycles. The molecule has 0 aliphatic heterocycles. The predicted octanol–water partition coefficient (Wildman–Crippen LogP) is 2.69. The molecule has 25 heavy (non-hydrogen) atoms. The first-order valence-electron chi connectivity index (χ1n) is 8.82. The molecule has 1 aliphatic rings. The molecule has 1 saturated carbocycles. The van der Waals surface area contributed by atoms with Crippen molar-refractivity contribution in [1.82, 2.24) is 5.32 Å². The minimum atomic E-state index is -3.30. The second kappa shape index (κ2) is 8.56. The molecular weight excluding hydrogens is 340 g/mol. The van der Waals surface area contributed by atoms with E-state index in [1.807, 2.05) is 6.92 Å². The maximum Gasteiger partial charge on any atom is 0.261 e. The second-order valence-electron chi connectivity index (χ2n) is 6.58. The number of rotatable bonds is 7. The highest BCUT2D eigenvalue weighted by molar-refractivity contribution is 7.92. The fraction of sp³-hybridized carbons (Fsp3) is 0.611. The van der Waals surface area contributed by atoms with Gasteiger partial charge in [-0.15, -0.1) is 0 Å². The summed E-state index contributed by atoms with van der Waals surface area (Å²) < 4.78 is 30.1. The smallest absolute Gasteiger partial charge is 0.261 e. The summed E-state index contributed by atoms with van der Waals surface area (Å²) in [6.45, 7) is 1.91. The lowest BCUT2D eigenvalue weighted by Crippen LogP contribution is -2.44. The van der Waals surface area contributed by atoms with Gasteiger partial charge in [-0.25, -0.2) is 8.42 Å². The monoisotopic (exact) mass is 368 g/mol. The van der Waals surface area contributed by atoms with Gasteiger partial charge in [-0.05, 0) is 43.5 Å². The quantitative estimate of drug-likeness (QED) is 0.803. The Balaban J connectivity index is 1.97. The summed E-state index contributed by atoms with van der Waals surface area (Å²) >= 11 is 0. The minimum absolute atomic E-state index is 0.0771. The number of nitrogens with one attached hydrogen (secondary N) is 1. The number of carbonyl (C=O) groups is 1. The Morgan fingerprint density at radius 1 is 1.24 bits per heavy atom. The zero-order valence-corrected chi connectivity index (χ0v) is 16.0. The van der Waals surface area contributed by atoms with Crippen molar-refractivity contribution in [3.8, 4) is 5.75 Å². The van der Waals surface area contributed by atoms with E-state index in [1.165, 1.54) is 17.8 Å². The molecular formula is C18H28N2O4S. The van der Waals surface area contributed by atoms with Crippen LogP contribution in [0.15, 0.2) is 24.3 Å². The average molecular weight is 368 g/mol. The lowest BCUT2D eigenvalue weighted by molar-refractivity contribution is -0.129. The number of sulfonamides is 1. The van der Waals surface area contributed by atoms with Crippen LogP contribution in [0.5, 0.6) is 5.75 Å². The summed E-state index contributed by atoms with van der Waals surface area (Å²) in [7, 11) is -1.80. The van der Waals surface area contributed by atoms with Crippen molar-refractivity contribution in [1.29, 1.82) is 0 Å². The van der Waals surface area contributed by atoms with Gasteiger partial charge in [0.05, 0.1) is 11.9 Å². The van der Waals surface area contributed by atoms with Crippen LogP contribution in [0.1, 0.15) is 45.4 Å². The molecule has 0 unspecified atom stereocenters. The Hall–Kier alpha value is -1.76. The average Bonchev–Trinajstić information content (AvgIpc) is 2.59. The van der Waals surface area contributed by atoms with Crippen molar-refractivity contribution in [2.75, 3.05) is 17.6 Å². The van der Waals surface area contributed by atoms with Crippen LogP contribution in [0.25, 0.3) is 0 Å². The molecule has 0 radical (unpaired) electrons. The summed E-state index contributed by atoms with van der Waals surface area (Å²) in [5.74, 6) is 0.475. The van der Waals surface area contributed by atoms with Crippen LogP contribution in [-0.4, -0.2) is 39.8 Å². The van der Waals surface area contributed by atoms with Gasteiger partial charge in [-0.2, -0.15) is 0 Å². The van der Waals surface area contributed by atoms with E-state index in [0.717, 1.165) is 31.9 Å². The number of nitrogens with zero attached hydrogens (tertiary/aromatic N) is 1. The highest BCUT2D eigenvalue weighted by Gasteiger charge is 2.23. The van der Waals surface area contributed by atoms with Crippen LogP contribution in [0.2, 0.25) is 0 Å². The maximum atomic E-state index is 12.4. The molecule has 1 amide bonds. The Bertz CT molecular complexity index is 667. The third-order valence-electron chi connectivity index (χ3n) is 4.59. The first-order valence-corrected chi connectivity index (χ1v) is 10.7. The summed E-state index contributed by atoms with van der Waals surface area (Å²) in [6, 6.07) is 6.97. The molecule has 1 aromatic rings. The number of hydrogen-bond donors (Lipinski definition) is 1.